The minimum atomic E-state index is -3.48. The van der Waals surface area contributed by atoms with Gasteiger partial charge in [-0.15, -0.1) is 11.3 Å². The molecule has 0 aliphatic rings. The molecule has 0 saturated carbocycles. The third kappa shape index (κ3) is 3.57. The van der Waals surface area contributed by atoms with E-state index in [9.17, 15) is 8.42 Å². The van der Waals surface area contributed by atoms with Gasteiger partial charge in [0.25, 0.3) is 0 Å². The van der Waals surface area contributed by atoms with Gasteiger partial charge in [0, 0.05) is 12.6 Å². The molecule has 0 saturated heterocycles. The first-order valence-corrected chi connectivity index (χ1v) is 7.01. The third-order valence-electron chi connectivity index (χ3n) is 1.85. The number of nitrogens with zero attached hydrogens (tertiary/aromatic N) is 1. The second kappa shape index (κ2) is 5.41. The molecule has 0 radical (unpaired) electrons. The molecule has 0 aliphatic carbocycles. The van der Waals surface area contributed by atoms with Crippen LogP contribution in [0.5, 0.6) is 0 Å². The van der Waals surface area contributed by atoms with Crippen molar-refractivity contribution >= 4 is 21.4 Å². The minimum absolute atomic E-state index is 0.0410. The summed E-state index contributed by atoms with van der Waals surface area (Å²) in [5.41, 5.74) is 5.51. The van der Waals surface area contributed by atoms with Crippen molar-refractivity contribution in [2.24, 2.45) is 5.73 Å². The number of sulfonamides is 1. The molecule has 1 unspecified atom stereocenters. The van der Waals surface area contributed by atoms with E-state index in [1.807, 2.05) is 13.0 Å². The zero-order chi connectivity index (χ0) is 12.2. The van der Waals surface area contributed by atoms with Crippen molar-refractivity contribution in [1.29, 1.82) is 5.26 Å². The first kappa shape index (κ1) is 13.1. The average Bonchev–Trinajstić information content (AvgIpc) is 2.65. The Morgan fingerprint density at radius 2 is 2.31 bits per heavy atom. The smallest absolute Gasteiger partial charge is 0.250 e. The summed E-state index contributed by atoms with van der Waals surface area (Å²) >= 11 is 0.956. The van der Waals surface area contributed by atoms with Crippen molar-refractivity contribution in [3.8, 4) is 6.07 Å². The summed E-state index contributed by atoms with van der Waals surface area (Å²) in [6.45, 7) is 2.12. The van der Waals surface area contributed by atoms with Crippen molar-refractivity contribution < 1.29 is 8.42 Å². The van der Waals surface area contributed by atoms with E-state index in [0.29, 0.717) is 17.8 Å². The van der Waals surface area contributed by atoms with Crippen LogP contribution in [0.3, 0.4) is 0 Å². The number of hydrogen-bond donors (Lipinski definition) is 2. The first-order chi connectivity index (χ1) is 7.45. The Labute approximate surface area is 98.9 Å². The third-order valence-corrected chi connectivity index (χ3v) is 4.79. The highest BCUT2D eigenvalue weighted by atomic mass is 32.2. The van der Waals surface area contributed by atoms with Crippen LogP contribution in [0.25, 0.3) is 0 Å². The van der Waals surface area contributed by atoms with E-state index in [4.69, 9.17) is 11.0 Å². The van der Waals surface area contributed by atoms with E-state index in [1.165, 1.54) is 12.1 Å². The summed E-state index contributed by atoms with van der Waals surface area (Å²) in [7, 11) is -3.48. The van der Waals surface area contributed by atoms with Gasteiger partial charge in [0.2, 0.25) is 10.0 Å². The highest BCUT2D eigenvalue weighted by Gasteiger charge is 2.16. The fourth-order valence-electron chi connectivity index (χ4n) is 1.02. The van der Waals surface area contributed by atoms with Crippen LogP contribution in [0.1, 0.15) is 18.2 Å². The van der Waals surface area contributed by atoms with Crippen LogP contribution in [-0.4, -0.2) is 21.0 Å². The second-order valence-corrected chi connectivity index (χ2v) is 6.47. The number of nitrogens with one attached hydrogen (secondary N) is 1. The van der Waals surface area contributed by atoms with Crippen molar-refractivity contribution in [3.05, 3.63) is 17.0 Å². The summed E-state index contributed by atoms with van der Waals surface area (Å²) < 4.78 is 26.0. The first-order valence-electron chi connectivity index (χ1n) is 4.71. The van der Waals surface area contributed by atoms with Gasteiger partial charge in [-0.25, -0.2) is 13.1 Å². The molecule has 3 N–H and O–H groups in total. The highest BCUT2D eigenvalue weighted by molar-refractivity contribution is 7.91. The van der Waals surface area contributed by atoms with E-state index >= 15 is 0 Å². The summed E-state index contributed by atoms with van der Waals surface area (Å²) in [6.07, 6.45) is 0.579. The predicted molar refractivity (Wildman–Crippen MR) is 62.5 cm³/mol. The van der Waals surface area contributed by atoms with Gasteiger partial charge in [0.1, 0.15) is 15.2 Å². The largest absolute Gasteiger partial charge is 0.328 e. The zero-order valence-electron chi connectivity index (χ0n) is 8.80. The van der Waals surface area contributed by atoms with E-state index in [-0.39, 0.29) is 10.3 Å². The molecule has 5 nitrogen and oxygen atoms in total. The van der Waals surface area contributed by atoms with Gasteiger partial charge in [-0.3, -0.25) is 0 Å². The molecule has 1 aromatic rings. The summed E-state index contributed by atoms with van der Waals surface area (Å²) in [5, 5.41) is 8.59. The van der Waals surface area contributed by atoms with Crippen molar-refractivity contribution in [2.75, 3.05) is 6.54 Å². The topological polar surface area (TPSA) is 96.0 Å². The Morgan fingerprint density at radius 3 is 2.81 bits per heavy atom. The fourth-order valence-corrected chi connectivity index (χ4v) is 3.21. The van der Waals surface area contributed by atoms with Crippen LogP contribution >= 0.6 is 11.3 Å². The van der Waals surface area contributed by atoms with Crippen LogP contribution in [0.4, 0.5) is 0 Å². The lowest BCUT2D eigenvalue weighted by Crippen LogP contribution is -2.28. The molecule has 0 aromatic carbocycles. The number of rotatable bonds is 5. The standard InChI is InChI=1S/C9H13N3O2S2/c1-7(11)4-5-12-16(13,14)9-3-2-8(6-10)15-9/h2-3,7,12H,4-5,11H2,1H3. The lowest BCUT2D eigenvalue weighted by Gasteiger charge is -2.06. The van der Waals surface area contributed by atoms with Crippen LogP contribution in [0, 0.1) is 11.3 Å². The fraction of sp³-hybridized carbons (Fsp3) is 0.444. The van der Waals surface area contributed by atoms with Crippen molar-refractivity contribution in [2.45, 2.75) is 23.6 Å². The number of nitriles is 1. The molecule has 0 amide bonds. The van der Waals surface area contributed by atoms with Gasteiger partial charge < -0.3 is 5.73 Å². The zero-order valence-corrected chi connectivity index (χ0v) is 10.4. The maximum absolute atomic E-state index is 11.7. The molecule has 0 spiro atoms. The Balaban J connectivity index is 2.68. The number of nitrogens with two attached hydrogens (primary N) is 1. The molecule has 88 valence electrons. The van der Waals surface area contributed by atoms with Crippen molar-refractivity contribution in [1.82, 2.24) is 4.72 Å². The number of hydrogen-bond acceptors (Lipinski definition) is 5. The summed E-state index contributed by atoms with van der Waals surface area (Å²) in [4.78, 5) is 0.382. The average molecular weight is 259 g/mol. The Kier molecular flexibility index (Phi) is 4.44. The molecule has 7 heteroatoms. The van der Waals surface area contributed by atoms with E-state index < -0.39 is 10.0 Å². The van der Waals surface area contributed by atoms with Crippen molar-refractivity contribution in [3.63, 3.8) is 0 Å². The maximum atomic E-state index is 11.7. The van der Waals surface area contributed by atoms with E-state index in [1.54, 1.807) is 0 Å². The molecule has 0 fully saturated rings. The Bertz CT molecular complexity index is 485. The summed E-state index contributed by atoms with van der Waals surface area (Å²) in [5.74, 6) is 0. The number of thiophene rings is 1. The van der Waals surface area contributed by atoms with E-state index in [0.717, 1.165) is 11.3 Å². The van der Waals surface area contributed by atoms with Gasteiger partial charge in [-0.2, -0.15) is 5.26 Å². The van der Waals surface area contributed by atoms with Crippen LogP contribution in [-0.2, 0) is 10.0 Å². The lowest BCUT2D eigenvalue weighted by atomic mass is 10.3. The molecule has 0 aliphatic heterocycles. The van der Waals surface area contributed by atoms with Gasteiger partial charge >= 0.3 is 0 Å². The molecule has 1 aromatic heterocycles. The lowest BCUT2D eigenvalue weighted by molar-refractivity contribution is 0.574. The van der Waals surface area contributed by atoms with Gasteiger partial charge in [-0.1, -0.05) is 0 Å². The molecular formula is C9H13N3O2S2. The van der Waals surface area contributed by atoms with Gasteiger partial charge in [0.15, 0.2) is 0 Å². The molecule has 1 rings (SSSR count). The maximum Gasteiger partial charge on any atom is 0.250 e. The van der Waals surface area contributed by atoms with Gasteiger partial charge in [0.05, 0.1) is 0 Å². The SMILES string of the molecule is CC(N)CCNS(=O)(=O)c1ccc(C#N)s1. The minimum Gasteiger partial charge on any atom is -0.328 e. The van der Waals surface area contributed by atoms with Crippen LogP contribution < -0.4 is 10.5 Å². The second-order valence-electron chi connectivity index (χ2n) is 3.39. The molecule has 1 heterocycles. The van der Waals surface area contributed by atoms with Crippen LogP contribution in [0.15, 0.2) is 16.3 Å². The quantitative estimate of drug-likeness (QED) is 0.810. The molecule has 0 bridgehead atoms. The van der Waals surface area contributed by atoms with Gasteiger partial charge in [-0.05, 0) is 25.5 Å². The highest BCUT2D eigenvalue weighted by Crippen LogP contribution is 2.20. The Morgan fingerprint density at radius 1 is 1.62 bits per heavy atom. The monoisotopic (exact) mass is 259 g/mol. The molecular weight excluding hydrogens is 246 g/mol. The molecule has 16 heavy (non-hydrogen) atoms. The Hall–Kier alpha value is -0.940. The normalized spacial score (nSPS) is 13.3. The van der Waals surface area contributed by atoms with Crippen LogP contribution in [0.2, 0.25) is 0 Å². The predicted octanol–water partition coefficient (Wildman–Crippen LogP) is 0.635. The molecule has 1 atom stereocenters. The van der Waals surface area contributed by atoms with E-state index in [2.05, 4.69) is 4.72 Å². The summed E-state index contributed by atoms with van der Waals surface area (Å²) in [6, 6.07) is 4.78.